The first-order valence-corrected chi connectivity index (χ1v) is 8.15. The first-order chi connectivity index (χ1) is 9.92. The highest BCUT2D eigenvalue weighted by Crippen LogP contribution is 2.26. The molecule has 1 amide bonds. The number of nitrogens with zero attached hydrogens (tertiary/aromatic N) is 3. The van der Waals surface area contributed by atoms with E-state index in [0.717, 1.165) is 28.7 Å². The van der Waals surface area contributed by atoms with Gasteiger partial charge in [0.15, 0.2) is 0 Å². The van der Waals surface area contributed by atoms with Crippen molar-refractivity contribution in [2.45, 2.75) is 34.1 Å². The zero-order valence-corrected chi connectivity index (χ0v) is 14.0. The van der Waals surface area contributed by atoms with Crippen LogP contribution < -0.4 is 5.32 Å². The van der Waals surface area contributed by atoms with Gasteiger partial charge in [-0.3, -0.25) is 4.79 Å². The highest BCUT2D eigenvalue weighted by molar-refractivity contribution is 7.14. The van der Waals surface area contributed by atoms with Gasteiger partial charge in [-0.05, 0) is 37.7 Å². The Bertz CT molecular complexity index is 709. The minimum absolute atomic E-state index is 0.212. The van der Waals surface area contributed by atoms with Gasteiger partial charge in [0.2, 0.25) is 0 Å². The van der Waals surface area contributed by atoms with Crippen LogP contribution in [0.1, 0.15) is 45.5 Å². The topological polar surface area (TPSA) is 78.7 Å². The van der Waals surface area contributed by atoms with E-state index < -0.39 is 0 Å². The Morgan fingerprint density at radius 1 is 1.43 bits per heavy atom. The average molecular weight is 320 g/mol. The van der Waals surface area contributed by atoms with Crippen LogP contribution in [0.15, 0.2) is 0 Å². The summed E-state index contributed by atoms with van der Waals surface area (Å²) in [7, 11) is 0. The molecule has 0 atom stereocenters. The standard InChI is InChI=1S/C14H16N4OS2/c1-7(2)5-11-12(20-9(4)16-11)13(19)17-14-10(6-15)8(3)18-21-14/h7H,5H2,1-4H3,(H,17,19). The van der Waals surface area contributed by atoms with E-state index >= 15 is 0 Å². The molecule has 0 aromatic carbocycles. The van der Waals surface area contributed by atoms with Crippen molar-refractivity contribution in [1.82, 2.24) is 9.36 Å². The van der Waals surface area contributed by atoms with Crippen LogP contribution in [0, 0.1) is 31.1 Å². The van der Waals surface area contributed by atoms with Crippen molar-refractivity contribution in [3.05, 3.63) is 26.8 Å². The number of anilines is 1. The molecule has 0 saturated heterocycles. The summed E-state index contributed by atoms with van der Waals surface area (Å²) in [6.07, 6.45) is 0.764. The van der Waals surface area contributed by atoms with Crippen LogP contribution in [0.5, 0.6) is 0 Å². The molecule has 0 spiro atoms. The molecular weight excluding hydrogens is 304 g/mol. The zero-order valence-electron chi connectivity index (χ0n) is 12.4. The Kier molecular flexibility index (Phi) is 4.70. The molecule has 0 saturated carbocycles. The molecule has 2 aromatic rings. The fourth-order valence-electron chi connectivity index (χ4n) is 1.92. The van der Waals surface area contributed by atoms with Crippen LogP contribution in [-0.2, 0) is 6.42 Å². The number of nitrogens with one attached hydrogen (secondary N) is 1. The Morgan fingerprint density at radius 2 is 2.14 bits per heavy atom. The number of carbonyl (C=O) groups excluding carboxylic acids is 1. The third kappa shape index (κ3) is 3.46. The maximum absolute atomic E-state index is 12.4. The maximum atomic E-state index is 12.4. The number of hydrogen-bond donors (Lipinski definition) is 1. The van der Waals surface area contributed by atoms with Crippen molar-refractivity contribution in [2.24, 2.45) is 5.92 Å². The van der Waals surface area contributed by atoms with Gasteiger partial charge in [-0.25, -0.2) is 4.98 Å². The molecule has 0 unspecified atom stereocenters. The van der Waals surface area contributed by atoms with Crippen molar-refractivity contribution >= 4 is 33.8 Å². The molecule has 0 aliphatic rings. The number of aryl methyl sites for hydroxylation is 2. The summed E-state index contributed by atoms with van der Waals surface area (Å²) >= 11 is 2.51. The van der Waals surface area contributed by atoms with Gasteiger partial charge in [0.25, 0.3) is 5.91 Å². The Labute approximate surface area is 131 Å². The molecule has 0 bridgehead atoms. The summed E-state index contributed by atoms with van der Waals surface area (Å²) in [4.78, 5) is 17.5. The molecule has 21 heavy (non-hydrogen) atoms. The number of thiazole rings is 1. The molecule has 2 heterocycles. The monoisotopic (exact) mass is 320 g/mol. The van der Waals surface area contributed by atoms with E-state index in [2.05, 4.69) is 34.6 Å². The lowest BCUT2D eigenvalue weighted by molar-refractivity contribution is 0.102. The molecule has 0 aliphatic heterocycles. The Hall–Kier alpha value is -1.78. The van der Waals surface area contributed by atoms with Gasteiger partial charge in [-0.15, -0.1) is 11.3 Å². The lowest BCUT2D eigenvalue weighted by Gasteiger charge is -2.05. The van der Waals surface area contributed by atoms with E-state index in [4.69, 9.17) is 5.26 Å². The largest absolute Gasteiger partial charge is 0.310 e. The summed E-state index contributed by atoms with van der Waals surface area (Å²) in [6.45, 7) is 7.84. The lowest BCUT2D eigenvalue weighted by Crippen LogP contribution is -2.13. The van der Waals surface area contributed by atoms with E-state index in [1.807, 2.05) is 6.92 Å². The van der Waals surface area contributed by atoms with Gasteiger partial charge in [-0.1, -0.05) is 13.8 Å². The quantitative estimate of drug-likeness (QED) is 0.934. The van der Waals surface area contributed by atoms with Crippen molar-refractivity contribution in [3.63, 3.8) is 0 Å². The summed E-state index contributed by atoms with van der Waals surface area (Å²) < 4.78 is 4.10. The lowest BCUT2D eigenvalue weighted by atomic mass is 10.1. The number of aromatic nitrogens is 2. The van der Waals surface area contributed by atoms with Gasteiger partial charge in [0.05, 0.1) is 16.4 Å². The van der Waals surface area contributed by atoms with Crippen LogP contribution in [0.25, 0.3) is 0 Å². The van der Waals surface area contributed by atoms with Gasteiger partial charge >= 0.3 is 0 Å². The molecule has 0 aliphatic carbocycles. The van der Waals surface area contributed by atoms with Crippen molar-refractivity contribution < 1.29 is 4.79 Å². The van der Waals surface area contributed by atoms with Crippen LogP contribution in [0.4, 0.5) is 5.00 Å². The third-order valence-corrected chi connectivity index (χ3v) is 4.68. The van der Waals surface area contributed by atoms with Crippen LogP contribution in [0.2, 0.25) is 0 Å². The summed E-state index contributed by atoms with van der Waals surface area (Å²) in [5.74, 6) is 0.217. The van der Waals surface area contributed by atoms with E-state index in [1.165, 1.54) is 11.3 Å². The molecule has 2 rings (SSSR count). The van der Waals surface area contributed by atoms with Gasteiger partial charge in [-0.2, -0.15) is 9.64 Å². The zero-order chi connectivity index (χ0) is 15.6. The smallest absolute Gasteiger partial charge is 0.268 e. The number of nitriles is 1. The Morgan fingerprint density at radius 3 is 2.76 bits per heavy atom. The molecule has 1 N–H and O–H groups in total. The van der Waals surface area contributed by atoms with E-state index in [-0.39, 0.29) is 5.91 Å². The highest BCUT2D eigenvalue weighted by Gasteiger charge is 2.20. The fraction of sp³-hybridized carbons (Fsp3) is 0.429. The molecule has 7 heteroatoms. The molecule has 0 radical (unpaired) electrons. The summed E-state index contributed by atoms with van der Waals surface area (Å²) in [5.41, 5.74) is 1.89. The fourth-order valence-corrected chi connectivity index (χ4v) is 3.50. The van der Waals surface area contributed by atoms with E-state index in [9.17, 15) is 4.79 Å². The van der Waals surface area contributed by atoms with Crippen LogP contribution in [-0.4, -0.2) is 15.3 Å². The average Bonchev–Trinajstić information content (AvgIpc) is 2.92. The molecule has 5 nitrogen and oxygen atoms in total. The first kappa shape index (κ1) is 15.6. The van der Waals surface area contributed by atoms with Crippen LogP contribution in [0.3, 0.4) is 0 Å². The molecule has 110 valence electrons. The van der Waals surface area contributed by atoms with Crippen molar-refractivity contribution in [1.29, 1.82) is 5.26 Å². The van der Waals surface area contributed by atoms with Gasteiger partial charge in [0, 0.05) is 0 Å². The minimum atomic E-state index is -0.212. The normalized spacial score (nSPS) is 10.7. The number of carbonyl (C=O) groups is 1. The van der Waals surface area contributed by atoms with Crippen molar-refractivity contribution in [3.8, 4) is 6.07 Å². The van der Waals surface area contributed by atoms with Gasteiger partial charge in [0.1, 0.15) is 21.5 Å². The van der Waals surface area contributed by atoms with E-state index in [1.54, 1.807) is 6.92 Å². The first-order valence-electron chi connectivity index (χ1n) is 6.56. The second kappa shape index (κ2) is 6.33. The minimum Gasteiger partial charge on any atom is -0.310 e. The second-order valence-corrected chi connectivity index (χ2v) is 7.12. The van der Waals surface area contributed by atoms with E-state index in [0.29, 0.717) is 27.1 Å². The number of hydrogen-bond acceptors (Lipinski definition) is 6. The number of rotatable bonds is 4. The third-order valence-electron chi connectivity index (χ3n) is 2.81. The molecule has 2 aromatic heterocycles. The summed E-state index contributed by atoms with van der Waals surface area (Å²) in [5, 5.41) is 13.3. The SMILES string of the molecule is Cc1nc(CC(C)C)c(C(=O)Nc2snc(C)c2C#N)s1. The maximum Gasteiger partial charge on any atom is 0.268 e. The Balaban J connectivity index is 2.27. The predicted octanol–water partition coefficient (Wildman–Crippen LogP) is 3.54. The molecule has 0 fully saturated rings. The van der Waals surface area contributed by atoms with Gasteiger partial charge < -0.3 is 5.32 Å². The second-order valence-electron chi connectivity index (χ2n) is 5.14. The van der Waals surface area contributed by atoms with Crippen molar-refractivity contribution in [2.75, 3.05) is 5.32 Å². The number of amides is 1. The predicted molar refractivity (Wildman–Crippen MR) is 84.9 cm³/mol. The summed E-state index contributed by atoms with van der Waals surface area (Å²) in [6, 6.07) is 2.07. The highest BCUT2D eigenvalue weighted by atomic mass is 32.1. The molecular formula is C14H16N4OS2. The van der Waals surface area contributed by atoms with Crippen LogP contribution >= 0.6 is 22.9 Å².